The number of amides is 1. The molecule has 3 rings (SSSR count). The molecule has 3 aromatic rings. The number of para-hydroxylation sites is 1. The van der Waals surface area contributed by atoms with E-state index in [2.05, 4.69) is 10.3 Å². The Morgan fingerprint density at radius 2 is 1.75 bits per heavy atom. The van der Waals surface area contributed by atoms with Crippen LogP contribution in [0.4, 0.5) is 0 Å². The minimum Gasteiger partial charge on any atom is -0.341 e. The van der Waals surface area contributed by atoms with E-state index in [4.69, 9.17) is 0 Å². The van der Waals surface area contributed by atoms with Gasteiger partial charge in [-0.2, -0.15) is 0 Å². The first-order valence-corrected chi connectivity index (χ1v) is 7.66. The van der Waals surface area contributed by atoms with Crippen LogP contribution in [-0.2, 0) is 11.2 Å². The molecule has 0 fully saturated rings. The summed E-state index contributed by atoms with van der Waals surface area (Å²) in [5, 5.41) is 2.76. The standard InChI is InChI=1S/C19H17N3O2/c23-13-16(11-15-7-3-1-4-8-15)21-19(24)18-12-20-14-22(18)17-9-5-2-6-10-17/h1-10,12-14,16H,11H2,(H,21,24). The highest BCUT2D eigenvalue weighted by Gasteiger charge is 2.17. The molecule has 0 bridgehead atoms. The topological polar surface area (TPSA) is 64.0 Å². The Kier molecular flexibility index (Phi) is 4.81. The number of carbonyl (C=O) groups is 2. The zero-order chi connectivity index (χ0) is 16.8. The van der Waals surface area contributed by atoms with E-state index < -0.39 is 6.04 Å². The summed E-state index contributed by atoms with van der Waals surface area (Å²) in [6.07, 6.45) is 4.29. The van der Waals surface area contributed by atoms with Crippen molar-refractivity contribution in [2.75, 3.05) is 0 Å². The molecule has 1 heterocycles. The van der Waals surface area contributed by atoms with E-state index in [1.54, 1.807) is 10.9 Å². The quantitative estimate of drug-likeness (QED) is 0.710. The van der Waals surface area contributed by atoms with E-state index in [1.807, 2.05) is 60.7 Å². The largest absolute Gasteiger partial charge is 0.341 e. The third kappa shape index (κ3) is 3.57. The summed E-state index contributed by atoms with van der Waals surface area (Å²) in [5.41, 5.74) is 2.22. The molecule has 0 aliphatic carbocycles. The summed E-state index contributed by atoms with van der Waals surface area (Å²) >= 11 is 0. The highest BCUT2D eigenvalue weighted by atomic mass is 16.2. The number of benzene rings is 2. The van der Waals surface area contributed by atoms with Gasteiger partial charge in [0.1, 0.15) is 12.0 Å². The number of rotatable bonds is 6. The first kappa shape index (κ1) is 15.7. The average Bonchev–Trinajstić information content (AvgIpc) is 3.12. The Balaban J connectivity index is 1.75. The number of hydrogen-bond acceptors (Lipinski definition) is 3. The van der Waals surface area contributed by atoms with E-state index >= 15 is 0 Å². The van der Waals surface area contributed by atoms with Gasteiger partial charge in [0.05, 0.1) is 18.6 Å². The minimum atomic E-state index is -0.584. The van der Waals surface area contributed by atoms with Gasteiger partial charge in [0, 0.05) is 5.69 Å². The van der Waals surface area contributed by atoms with E-state index in [-0.39, 0.29) is 5.91 Å². The summed E-state index contributed by atoms with van der Waals surface area (Å²) in [6, 6.07) is 18.5. The first-order valence-electron chi connectivity index (χ1n) is 7.66. The number of carbonyl (C=O) groups excluding carboxylic acids is 2. The van der Waals surface area contributed by atoms with Gasteiger partial charge in [-0.05, 0) is 24.1 Å². The lowest BCUT2D eigenvalue weighted by molar-refractivity contribution is -0.109. The Morgan fingerprint density at radius 3 is 2.42 bits per heavy atom. The maximum atomic E-state index is 12.5. The zero-order valence-corrected chi connectivity index (χ0v) is 13.0. The second kappa shape index (κ2) is 7.37. The summed E-state index contributed by atoms with van der Waals surface area (Å²) in [5.74, 6) is -0.329. The molecule has 24 heavy (non-hydrogen) atoms. The van der Waals surface area contributed by atoms with Crippen molar-refractivity contribution in [1.82, 2.24) is 14.9 Å². The number of nitrogens with zero attached hydrogens (tertiary/aromatic N) is 2. The molecule has 5 heteroatoms. The van der Waals surface area contributed by atoms with Gasteiger partial charge in [-0.25, -0.2) is 4.98 Å². The smallest absolute Gasteiger partial charge is 0.270 e. The molecular formula is C19H17N3O2. The molecule has 0 spiro atoms. The summed E-state index contributed by atoms with van der Waals surface area (Å²) in [7, 11) is 0. The zero-order valence-electron chi connectivity index (χ0n) is 13.0. The molecule has 0 radical (unpaired) electrons. The summed E-state index contributed by atoms with van der Waals surface area (Å²) < 4.78 is 1.69. The lowest BCUT2D eigenvalue weighted by atomic mass is 10.1. The van der Waals surface area contributed by atoms with E-state index in [1.165, 1.54) is 6.20 Å². The highest BCUT2D eigenvalue weighted by molar-refractivity contribution is 5.94. The van der Waals surface area contributed by atoms with Crippen LogP contribution in [0, 0.1) is 0 Å². The van der Waals surface area contributed by atoms with Crippen LogP contribution in [0.15, 0.2) is 73.2 Å². The van der Waals surface area contributed by atoms with Gasteiger partial charge in [0.15, 0.2) is 0 Å². The fraction of sp³-hybridized carbons (Fsp3) is 0.105. The molecule has 0 aliphatic rings. The van der Waals surface area contributed by atoms with Gasteiger partial charge in [-0.15, -0.1) is 0 Å². The minimum absolute atomic E-state index is 0.329. The van der Waals surface area contributed by atoms with Crippen LogP contribution in [-0.4, -0.2) is 27.8 Å². The number of imidazole rings is 1. The first-order chi connectivity index (χ1) is 11.8. The Morgan fingerprint density at radius 1 is 1.08 bits per heavy atom. The lowest BCUT2D eigenvalue weighted by Gasteiger charge is -2.14. The number of aldehydes is 1. The molecule has 5 nitrogen and oxygen atoms in total. The number of aromatic nitrogens is 2. The third-order valence-electron chi connectivity index (χ3n) is 3.68. The molecule has 0 aliphatic heterocycles. The van der Waals surface area contributed by atoms with Crippen molar-refractivity contribution < 1.29 is 9.59 Å². The Labute approximate surface area is 140 Å². The Hall–Kier alpha value is -3.21. The molecule has 1 amide bonds. The number of nitrogens with one attached hydrogen (secondary N) is 1. The van der Waals surface area contributed by atoms with Gasteiger partial charge in [0.25, 0.3) is 5.91 Å². The van der Waals surface area contributed by atoms with Crippen molar-refractivity contribution in [3.63, 3.8) is 0 Å². The van der Waals surface area contributed by atoms with E-state index in [9.17, 15) is 9.59 Å². The molecule has 0 saturated carbocycles. The predicted octanol–water partition coefficient (Wildman–Crippen LogP) is 2.41. The molecule has 1 N–H and O–H groups in total. The maximum Gasteiger partial charge on any atom is 0.270 e. The van der Waals surface area contributed by atoms with Crippen LogP contribution in [0.5, 0.6) is 0 Å². The van der Waals surface area contributed by atoms with Crippen LogP contribution < -0.4 is 5.32 Å². The van der Waals surface area contributed by atoms with Gasteiger partial charge >= 0.3 is 0 Å². The van der Waals surface area contributed by atoms with Crippen molar-refractivity contribution in [1.29, 1.82) is 0 Å². The fourth-order valence-electron chi connectivity index (χ4n) is 2.50. The lowest BCUT2D eigenvalue weighted by Crippen LogP contribution is -2.38. The maximum absolute atomic E-state index is 12.5. The molecule has 120 valence electrons. The molecule has 1 atom stereocenters. The van der Waals surface area contributed by atoms with Gasteiger partial charge in [-0.1, -0.05) is 48.5 Å². The van der Waals surface area contributed by atoms with E-state index in [0.717, 1.165) is 17.5 Å². The summed E-state index contributed by atoms with van der Waals surface area (Å²) in [6.45, 7) is 0. The van der Waals surface area contributed by atoms with Crippen molar-refractivity contribution in [2.45, 2.75) is 12.5 Å². The SMILES string of the molecule is O=CC(Cc1ccccc1)NC(=O)c1cncn1-c1ccccc1. The van der Waals surface area contributed by atoms with Crippen LogP contribution >= 0.6 is 0 Å². The molecular weight excluding hydrogens is 302 g/mol. The van der Waals surface area contributed by atoms with Crippen LogP contribution in [0.3, 0.4) is 0 Å². The Bertz CT molecular complexity index is 813. The third-order valence-corrected chi connectivity index (χ3v) is 3.68. The van der Waals surface area contributed by atoms with Crippen molar-refractivity contribution in [3.05, 3.63) is 84.4 Å². The fourth-order valence-corrected chi connectivity index (χ4v) is 2.50. The van der Waals surface area contributed by atoms with Gasteiger partial charge in [-0.3, -0.25) is 9.36 Å². The van der Waals surface area contributed by atoms with Crippen LogP contribution in [0.25, 0.3) is 5.69 Å². The van der Waals surface area contributed by atoms with Crippen molar-refractivity contribution >= 4 is 12.2 Å². The highest BCUT2D eigenvalue weighted by Crippen LogP contribution is 2.11. The van der Waals surface area contributed by atoms with Crippen LogP contribution in [0.2, 0.25) is 0 Å². The molecule has 0 saturated heterocycles. The number of hydrogen-bond donors (Lipinski definition) is 1. The molecule has 1 unspecified atom stereocenters. The van der Waals surface area contributed by atoms with Gasteiger partial charge in [0.2, 0.25) is 0 Å². The monoisotopic (exact) mass is 319 g/mol. The summed E-state index contributed by atoms with van der Waals surface area (Å²) in [4.78, 5) is 27.9. The molecule has 2 aromatic carbocycles. The average molecular weight is 319 g/mol. The molecule has 1 aromatic heterocycles. The van der Waals surface area contributed by atoms with Gasteiger partial charge < -0.3 is 10.1 Å². The van der Waals surface area contributed by atoms with Crippen molar-refractivity contribution in [3.8, 4) is 5.69 Å². The van der Waals surface area contributed by atoms with Crippen LogP contribution in [0.1, 0.15) is 16.1 Å². The second-order valence-corrected chi connectivity index (χ2v) is 5.39. The van der Waals surface area contributed by atoms with Crippen molar-refractivity contribution in [2.24, 2.45) is 0 Å². The predicted molar refractivity (Wildman–Crippen MR) is 91.0 cm³/mol. The normalized spacial score (nSPS) is 11.7. The second-order valence-electron chi connectivity index (χ2n) is 5.39. The van der Waals surface area contributed by atoms with E-state index in [0.29, 0.717) is 12.1 Å².